The Labute approximate surface area is 191 Å². The lowest BCUT2D eigenvalue weighted by Gasteiger charge is -2.33. The first-order valence-electron chi connectivity index (χ1n) is 11.0. The van der Waals surface area contributed by atoms with E-state index in [1.54, 1.807) is 12.0 Å². The number of hydrogen-bond acceptors (Lipinski definition) is 4. The van der Waals surface area contributed by atoms with E-state index in [1.165, 1.54) is 0 Å². The Bertz CT molecular complexity index is 934. The first kappa shape index (κ1) is 25.2. The van der Waals surface area contributed by atoms with Gasteiger partial charge in [0.2, 0.25) is 5.91 Å². The summed E-state index contributed by atoms with van der Waals surface area (Å²) in [6.07, 6.45) is 0.487. The minimum atomic E-state index is -0.615. The van der Waals surface area contributed by atoms with Crippen LogP contribution in [-0.2, 0) is 16.1 Å². The summed E-state index contributed by atoms with van der Waals surface area (Å²) < 4.78 is 11.1. The highest BCUT2D eigenvalue weighted by Gasteiger charge is 2.31. The molecule has 0 heterocycles. The SMILES string of the molecule is CCC(C(=O)NC(C)(C)C)N(Cc1cccc(OC)c1)C(=O)COc1ccc(C)c(C)c1. The first-order valence-corrected chi connectivity index (χ1v) is 11.0. The zero-order chi connectivity index (χ0) is 23.9. The van der Waals surface area contributed by atoms with E-state index in [1.807, 2.05) is 84.0 Å². The third-order valence-electron chi connectivity index (χ3n) is 5.21. The maximum Gasteiger partial charge on any atom is 0.261 e. The van der Waals surface area contributed by atoms with Crippen LogP contribution in [0.2, 0.25) is 0 Å². The molecule has 32 heavy (non-hydrogen) atoms. The van der Waals surface area contributed by atoms with Crippen molar-refractivity contribution < 1.29 is 19.1 Å². The van der Waals surface area contributed by atoms with Crippen molar-refractivity contribution in [2.24, 2.45) is 0 Å². The predicted molar refractivity (Wildman–Crippen MR) is 127 cm³/mol. The number of aryl methyl sites for hydroxylation is 2. The Balaban J connectivity index is 2.26. The van der Waals surface area contributed by atoms with Crippen molar-refractivity contribution in [2.45, 2.75) is 66.1 Å². The van der Waals surface area contributed by atoms with Gasteiger partial charge in [0.25, 0.3) is 5.91 Å². The van der Waals surface area contributed by atoms with Gasteiger partial charge in [-0.05, 0) is 82.0 Å². The van der Waals surface area contributed by atoms with Crippen LogP contribution < -0.4 is 14.8 Å². The molecule has 1 unspecified atom stereocenters. The molecule has 1 atom stereocenters. The quantitative estimate of drug-likeness (QED) is 0.627. The molecule has 2 aromatic carbocycles. The number of amides is 2. The molecule has 0 spiro atoms. The fourth-order valence-corrected chi connectivity index (χ4v) is 3.37. The van der Waals surface area contributed by atoms with Gasteiger partial charge in [0.15, 0.2) is 6.61 Å². The van der Waals surface area contributed by atoms with Gasteiger partial charge in [-0.25, -0.2) is 0 Å². The van der Waals surface area contributed by atoms with Gasteiger partial charge in [-0.3, -0.25) is 9.59 Å². The molecule has 1 N–H and O–H groups in total. The Hall–Kier alpha value is -3.02. The number of nitrogens with one attached hydrogen (secondary N) is 1. The number of nitrogens with zero attached hydrogens (tertiary/aromatic N) is 1. The largest absolute Gasteiger partial charge is 0.497 e. The van der Waals surface area contributed by atoms with Crippen molar-refractivity contribution >= 4 is 11.8 Å². The second kappa shape index (κ2) is 11.0. The molecule has 174 valence electrons. The van der Waals surface area contributed by atoms with Crippen LogP contribution in [0.15, 0.2) is 42.5 Å². The lowest BCUT2D eigenvalue weighted by atomic mass is 10.1. The minimum absolute atomic E-state index is 0.147. The zero-order valence-corrected chi connectivity index (χ0v) is 20.3. The van der Waals surface area contributed by atoms with E-state index in [-0.39, 0.29) is 25.0 Å². The fourth-order valence-electron chi connectivity index (χ4n) is 3.37. The minimum Gasteiger partial charge on any atom is -0.497 e. The third kappa shape index (κ3) is 7.29. The van der Waals surface area contributed by atoms with Crippen LogP contribution in [0, 0.1) is 13.8 Å². The van der Waals surface area contributed by atoms with Crippen LogP contribution in [0.25, 0.3) is 0 Å². The second-order valence-corrected chi connectivity index (χ2v) is 9.07. The monoisotopic (exact) mass is 440 g/mol. The van der Waals surface area contributed by atoms with E-state index in [4.69, 9.17) is 9.47 Å². The lowest BCUT2D eigenvalue weighted by Crippen LogP contribution is -2.54. The Morgan fingerprint density at radius 2 is 1.75 bits per heavy atom. The summed E-state index contributed by atoms with van der Waals surface area (Å²) in [5.74, 6) is 0.910. The van der Waals surface area contributed by atoms with Crippen LogP contribution in [0.5, 0.6) is 11.5 Å². The summed E-state index contributed by atoms with van der Waals surface area (Å²) in [5.41, 5.74) is 2.74. The fraction of sp³-hybridized carbons (Fsp3) is 0.462. The van der Waals surface area contributed by atoms with Gasteiger partial charge in [-0.2, -0.15) is 0 Å². The van der Waals surface area contributed by atoms with E-state index in [2.05, 4.69) is 5.32 Å². The smallest absolute Gasteiger partial charge is 0.261 e. The Kier molecular flexibility index (Phi) is 8.70. The topological polar surface area (TPSA) is 67.9 Å². The number of ether oxygens (including phenoxy) is 2. The van der Waals surface area contributed by atoms with Crippen molar-refractivity contribution in [1.82, 2.24) is 10.2 Å². The molecule has 0 bridgehead atoms. The summed E-state index contributed by atoms with van der Waals surface area (Å²) in [6, 6.07) is 12.6. The van der Waals surface area contributed by atoms with Gasteiger partial charge in [-0.15, -0.1) is 0 Å². The molecule has 6 heteroatoms. The normalized spacial score (nSPS) is 12.1. The summed E-state index contributed by atoms with van der Waals surface area (Å²) >= 11 is 0. The van der Waals surface area contributed by atoms with Gasteiger partial charge >= 0.3 is 0 Å². The number of hydrogen-bond donors (Lipinski definition) is 1. The van der Waals surface area contributed by atoms with Crippen molar-refractivity contribution in [3.8, 4) is 11.5 Å². The molecule has 0 aliphatic rings. The number of methoxy groups -OCH3 is 1. The zero-order valence-electron chi connectivity index (χ0n) is 20.3. The molecular weight excluding hydrogens is 404 g/mol. The third-order valence-corrected chi connectivity index (χ3v) is 5.21. The number of carbonyl (C=O) groups excluding carboxylic acids is 2. The molecule has 0 aromatic heterocycles. The average molecular weight is 441 g/mol. The van der Waals surface area contributed by atoms with Gasteiger partial charge in [0.1, 0.15) is 17.5 Å². The highest BCUT2D eigenvalue weighted by Crippen LogP contribution is 2.20. The summed E-state index contributed by atoms with van der Waals surface area (Å²) in [7, 11) is 1.60. The van der Waals surface area contributed by atoms with E-state index in [0.717, 1.165) is 16.7 Å². The maximum absolute atomic E-state index is 13.3. The molecule has 0 radical (unpaired) electrons. The molecule has 0 aliphatic carbocycles. The van der Waals surface area contributed by atoms with E-state index in [0.29, 0.717) is 17.9 Å². The van der Waals surface area contributed by atoms with Gasteiger partial charge < -0.3 is 19.7 Å². The van der Waals surface area contributed by atoms with Crippen LogP contribution >= 0.6 is 0 Å². The number of benzene rings is 2. The molecule has 0 aliphatic heterocycles. The first-order chi connectivity index (χ1) is 15.0. The predicted octanol–water partition coefficient (Wildman–Crippen LogP) is 4.41. The van der Waals surface area contributed by atoms with Crippen molar-refractivity contribution in [2.75, 3.05) is 13.7 Å². The molecule has 2 rings (SSSR count). The van der Waals surface area contributed by atoms with Crippen molar-refractivity contribution in [1.29, 1.82) is 0 Å². The van der Waals surface area contributed by atoms with Crippen LogP contribution in [0.4, 0.5) is 0 Å². The van der Waals surface area contributed by atoms with Crippen LogP contribution in [0.3, 0.4) is 0 Å². The van der Waals surface area contributed by atoms with Gasteiger partial charge in [-0.1, -0.05) is 25.1 Å². The molecular formula is C26H36N2O4. The Morgan fingerprint density at radius 1 is 1.03 bits per heavy atom. The molecule has 6 nitrogen and oxygen atoms in total. The lowest BCUT2D eigenvalue weighted by molar-refractivity contribution is -0.143. The molecule has 0 fully saturated rings. The summed E-state index contributed by atoms with van der Waals surface area (Å²) in [5, 5.41) is 3.00. The molecule has 0 saturated heterocycles. The van der Waals surface area contributed by atoms with E-state index >= 15 is 0 Å². The molecule has 2 aromatic rings. The maximum atomic E-state index is 13.3. The van der Waals surface area contributed by atoms with Crippen molar-refractivity contribution in [3.05, 3.63) is 59.2 Å². The van der Waals surface area contributed by atoms with Crippen LogP contribution in [-0.4, -0.2) is 42.0 Å². The highest BCUT2D eigenvalue weighted by atomic mass is 16.5. The van der Waals surface area contributed by atoms with E-state index < -0.39 is 11.6 Å². The average Bonchev–Trinajstić information content (AvgIpc) is 2.73. The van der Waals surface area contributed by atoms with Gasteiger partial charge in [0, 0.05) is 12.1 Å². The Morgan fingerprint density at radius 3 is 2.34 bits per heavy atom. The molecule has 2 amide bonds. The standard InChI is InChI=1S/C26H36N2O4/c1-8-23(25(30)27-26(4,5)6)28(16-20-10-9-11-21(15-20)31-7)24(29)17-32-22-13-12-18(2)19(3)14-22/h9-15,23H,8,16-17H2,1-7H3,(H,27,30). The van der Waals surface area contributed by atoms with Gasteiger partial charge in [0.05, 0.1) is 7.11 Å². The van der Waals surface area contributed by atoms with E-state index in [9.17, 15) is 9.59 Å². The summed E-state index contributed by atoms with van der Waals surface area (Å²) in [4.78, 5) is 27.9. The number of rotatable bonds is 9. The highest BCUT2D eigenvalue weighted by molar-refractivity contribution is 5.88. The van der Waals surface area contributed by atoms with Crippen LogP contribution in [0.1, 0.15) is 50.8 Å². The molecule has 0 saturated carbocycles. The second-order valence-electron chi connectivity index (χ2n) is 9.07. The number of carbonyl (C=O) groups is 2. The van der Waals surface area contributed by atoms with Crippen molar-refractivity contribution in [3.63, 3.8) is 0 Å². The summed E-state index contributed by atoms with van der Waals surface area (Å²) in [6.45, 7) is 11.8.